The smallest absolute Gasteiger partial charge is 0.183 e. The maximum Gasteiger partial charge on any atom is 0.183 e. The molecular weight excluding hydrogens is 314 g/mol. The van der Waals surface area contributed by atoms with Gasteiger partial charge >= 0.3 is 0 Å². The first-order chi connectivity index (χ1) is 10.8. The molecule has 3 nitrogen and oxygen atoms in total. The van der Waals surface area contributed by atoms with E-state index in [1.807, 2.05) is 24.4 Å². The van der Waals surface area contributed by atoms with Crippen molar-refractivity contribution in [2.75, 3.05) is 5.32 Å². The van der Waals surface area contributed by atoms with Gasteiger partial charge in [0.2, 0.25) is 0 Å². The van der Waals surface area contributed by atoms with Crippen LogP contribution in [0.15, 0.2) is 29.8 Å². The van der Waals surface area contributed by atoms with Gasteiger partial charge in [-0.1, -0.05) is 30.9 Å². The summed E-state index contributed by atoms with van der Waals surface area (Å²) in [4.78, 5) is 8.06. The van der Waals surface area contributed by atoms with Crippen LogP contribution in [0, 0.1) is 0 Å². The summed E-state index contributed by atoms with van der Waals surface area (Å²) < 4.78 is 0. The van der Waals surface area contributed by atoms with Crippen LogP contribution in [0.25, 0.3) is 22.2 Å². The molecule has 5 heteroatoms. The van der Waals surface area contributed by atoms with Crippen LogP contribution in [-0.2, 0) is 0 Å². The number of hydrogen-bond donors (Lipinski definition) is 2. The Morgan fingerprint density at radius 1 is 1.23 bits per heavy atom. The zero-order valence-corrected chi connectivity index (χ0v) is 13.8. The van der Waals surface area contributed by atoms with Gasteiger partial charge in [0.05, 0.1) is 5.69 Å². The van der Waals surface area contributed by atoms with Gasteiger partial charge in [0.1, 0.15) is 0 Å². The Labute approximate surface area is 138 Å². The van der Waals surface area contributed by atoms with Crippen molar-refractivity contribution >= 4 is 39.0 Å². The van der Waals surface area contributed by atoms with Crippen molar-refractivity contribution in [2.45, 2.75) is 38.1 Å². The summed E-state index contributed by atoms with van der Waals surface area (Å²) in [6.45, 7) is 0. The van der Waals surface area contributed by atoms with E-state index in [9.17, 15) is 0 Å². The number of nitrogens with zero attached hydrogens (tertiary/aromatic N) is 1. The fraction of sp³-hybridized carbons (Fsp3) is 0.353. The first-order valence-corrected chi connectivity index (χ1v) is 9.04. The first-order valence-electron chi connectivity index (χ1n) is 7.79. The van der Waals surface area contributed by atoms with E-state index in [0.29, 0.717) is 6.04 Å². The van der Waals surface area contributed by atoms with Crippen LogP contribution >= 0.6 is 22.9 Å². The summed E-state index contributed by atoms with van der Waals surface area (Å²) in [5, 5.41) is 8.62. The molecule has 2 N–H and O–H groups in total. The van der Waals surface area contributed by atoms with Crippen LogP contribution < -0.4 is 5.32 Å². The number of benzene rings is 1. The number of fused-ring (bicyclic) bond motifs is 1. The summed E-state index contributed by atoms with van der Waals surface area (Å²) >= 11 is 7.81. The molecule has 0 unspecified atom stereocenters. The van der Waals surface area contributed by atoms with Gasteiger partial charge in [0.15, 0.2) is 5.13 Å². The molecule has 0 atom stereocenters. The molecule has 0 amide bonds. The van der Waals surface area contributed by atoms with E-state index in [1.54, 1.807) is 11.3 Å². The molecule has 0 aliphatic heterocycles. The number of rotatable bonds is 3. The van der Waals surface area contributed by atoms with Gasteiger partial charge < -0.3 is 10.3 Å². The van der Waals surface area contributed by atoms with E-state index in [-0.39, 0.29) is 0 Å². The number of H-pyrrole nitrogens is 1. The number of thiazole rings is 1. The van der Waals surface area contributed by atoms with Gasteiger partial charge in [-0.2, -0.15) is 0 Å². The van der Waals surface area contributed by atoms with Crippen molar-refractivity contribution < 1.29 is 0 Å². The molecule has 4 rings (SSSR count). The Morgan fingerprint density at radius 2 is 2.09 bits per heavy atom. The number of anilines is 1. The van der Waals surface area contributed by atoms with Gasteiger partial charge in [0, 0.05) is 39.1 Å². The molecular formula is C17H18ClN3S. The predicted molar refractivity (Wildman–Crippen MR) is 94.9 cm³/mol. The SMILES string of the molecule is Clc1ccc2[nH]cc(-c3csc(NC4CCCCC4)n3)c2c1. The fourth-order valence-corrected chi connectivity index (χ4v) is 4.15. The number of hydrogen-bond acceptors (Lipinski definition) is 3. The number of aromatic nitrogens is 2. The molecule has 0 bridgehead atoms. The Kier molecular flexibility index (Phi) is 3.80. The highest BCUT2D eigenvalue weighted by Crippen LogP contribution is 2.33. The van der Waals surface area contributed by atoms with Gasteiger partial charge in [-0.3, -0.25) is 0 Å². The molecule has 0 spiro atoms. The summed E-state index contributed by atoms with van der Waals surface area (Å²) in [5.74, 6) is 0. The van der Waals surface area contributed by atoms with Crippen molar-refractivity contribution in [2.24, 2.45) is 0 Å². The van der Waals surface area contributed by atoms with E-state index in [4.69, 9.17) is 16.6 Å². The molecule has 1 aliphatic carbocycles. The summed E-state index contributed by atoms with van der Waals surface area (Å²) in [5.41, 5.74) is 3.22. The average Bonchev–Trinajstić information content (AvgIpc) is 3.14. The molecule has 2 heterocycles. The molecule has 114 valence electrons. The second-order valence-electron chi connectivity index (χ2n) is 5.91. The number of aromatic amines is 1. The molecule has 22 heavy (non-hydrogen) atoms. The van der Waals surface area contributed by atoms with Gasteiger partial charge in [-0.05, 0) is 31.0 Å². The third-order valence-electron chi connectivity index (χ3n) is 4.36. The fourth-order valence-electron chi connectivity index (χ4n) is 3.19. The molecule has 0 radical (unpaired) electrons. The zero-order chi connectivity index (χ0) is 14.9. The second-order valence-corrected chi connectivity index (χ2v) is 7.20. The van der Waals surface area contributed by atoms with E-state index < -0.39 is 0 Å². The second kappa shape index (κ2) is 5.94. The quantitative estimate of drug-likeness (QED) is 0.647. The maximum absolute atomic E-state index is 6.13. The molecule has 2 aromatic heterocycles. The van der Waals surface area contributed by atoms with Gasteiger partial charge in [0.25, 0.3) is 0 Å². The lowest BCUT2D eigenvalue weighted by Gasteiger charge is -2.22. The van der Waals surface area contributed by atoms with Crippen molar-refractivity contribution in [3.05, 3.63) is 34.8 Å². The lowest BCUT2D eigenvalue weighted by atomic mass is 9.96. The molecule has 0 saturated heterocycles. The van der Waals surface area contributed by atoms with Crippen molar-refractivity contribution in [1.82, 2.24) is 9.97 Å². The minimum atomic E-state index is 0.588. The van der Waals surface area contributed by atoms with E-state index in [0.717, 1.165) is 32.3 Å². The highest BCUT2D eigenvalue weighted by Gasteiger charge is 2.15. The summed E-state index contributed by atoms with van der Waals surface area (Å²) in [6.07, 6.45) is 8.57. The van der Waals surface area contributed by atoms with Crippen molar-refractivity contribution in [1.29, 1.82) is 0 Å². The summed E-state index contributed by atoms with van der Waals surface area (Å²) in [6, 6.07) is 6.50. The van der Waals surface area contributed by atoms with Crippen molar-refractivity contribution in [3.8, 4) is 11.3 Å². The average molecular weight is 332 g/mol. The van der Waals surface area contributed by atoms with Crippen LogP contribution in [0.3, 0.4) is 0 Å². The number of halogens is 1. The van der Waals surface area contributed by atoms with Crippen LogP contribution in [0.1, 0.15) is 32.1 Å². The summed E-state index contributed by atoms with van der Waals surface area (Å²) in [7, 11) is 0. The Morgan fingerprint density at radius 3 is 2.95 bits per heavy atom. The van der Waals surface area contributed by atoms with E-state index in [1.165, 1.54) is 32.1 Å². The minimum absolute atomic E-state index is 0.588. The Bertz CT molecular complexity index is 786. The topological polar surface area (TPSA) is 40.7 Å². The monoisotopic (exact) mass is 331 g/mol. The maximum atomic E-state index is 6.13. The van der Waals surface area contributed by atoms with E-state index in [2.05, 4.69) is 15.7 Å². The minimum Gasteiger partial charge on any atom is -0.360 e. The van der Waals surface area contributed by atoms with Gasteiger partial charge in [-0.15, -0.1) is 11.3 Å². The molecule has 1 aromatic carbocycles. The standard InChI is InChI=1S/C17H18ClN3S/c18-11-6-7-15-13(8-11)14(9-19-15)16-10-22-17(21-16)20-12-4-2-1-3-5-12/h6-10,12,19H,1-5H2,(H,20,21). The van der Waals surface area contributed by atoms with Crippen molar-refractivity contribution in [3.63, 3.8) is 0 Å². The lowest BCUT2D eigenvalue weighted by molar-refractivity contribution is 0.462. The molecule has 1 fully saturated rings. The van der Waals surface area contributed by atoms with Crippen LogP contribution in [0.2, 0.25) is 5.02 Å². The first kappa shape index (κ1) is 14.1. The van der Waals surface area contributed by atoms with Crippen LogP contribution in [0.5, 0.6) is 0 Å². The molecule has 1 saturated carbocycles. The number of nitrogens with one attached hydrogen (secondary N) is 2. The lowest BCUT2D eigenvalue weighted by Crippen LogP contribution is -2.21. The normalized spacial score (nSPS) is 16.2. The Balaban J connectivity index is 1.61. The van der Waals surface area contributed by atoms with Crippen LogP contribution in [-0.4, -0.2) is 16.0 Å². The third-order valence-corrected chi connectivity index (χ3v) is 5.37. The Hall–Kier alpha value is -1.52. The highest BCUT2D eigenvalue weighted by atomic mass is 35.5. The van der Waals surface area contributed by atoms with Gasteiger partial charge in [-0.25, -0.2) is 4.98 Å². The van der Waals surface area contributed by atoms with Crippen LogP contribution in [0.4, 0.5) is 5.13 Å². The molecule has 3 aromatic rings. The predicted octanol–water partition coefficient (Wildman–Crippen LogP) is 5.69. The van der Waals surface area contributed by atoms with E-state index >= 15 is 0 Å². The largest absolute Gasteiger partial charge is 0.360 e. The zero-order valence-electron chi connectivity index (χ0n) is 12.2. The molecule has 1 aliphatic rings. The highest BCUT2D eigenvalue weighted by molar-refractivity contribution is 7.14. The third kappa shape index (κ3) is 2.73.